The average molecular weight is 317 g/mol. The van der Waals surface area contributed by atoms with Crippen LogP contribution in [0, 0.1) is 0 Å². The molecule has 0 unspecified atom stereocenters. The second-order valence-electron chi connectivity index (χ2n) is 5.31. The third kappa shape index (κ3) is 3.57. The van der Waals surface area contributed by atoms with Gasteiger partial charge in [0.05, 0.1) is 5.56 Å². The number of carbonyl (C=O) groups excluding carboxylic acids is 1. The number of nitrogens with zero attached hydrogens (tertiary/aromatic N) is 2. The predicted octanol–water partition coefficient (Wildman–Crippen LogP) is 3.42. The minimum atomic E-state index is 0.0364. The highest BCUT2D eigenvalue weighted by molar-refractivity contribution is 6.30. The average Bonchev–Trinajstić information content (AvgIpc) is 2.56. The number of halogens is 1. The Morgan fingerprint density at radius 3 is 2.73 bits per heavy atom. The molecule has 0 saturated carbocycles. The zero-order chi connectivity index (χ0) is 15.4. The zero-order valence-corrected chi connectivity index (χ0v) is 12.9. The molecule has 3 rings (SSSR count). The minimum absolute atomic E-state index is 0.0364. The van der Waals surface area contributed by atoms with Crippen molar-refractivity contribution < 1.29 is 9.53 Å². The summed E-state index contributed by atoms with van der Waals surface area (Å²) in [5.41, 5.74) is 0.636. The van der Waals surface area contributed by atoms with Crippen LogP contribution in [0.1, 0.15) is 23.2 Å². The van der Waals surface area contributed by atoms with Gasteiger partial charge in [-0.05, 0) is 30.3 Å². The first kappa shape index (κ1) is 14.9. The van der Waals surface area contributed by atoms with E-state index in [0.29, 0.717) is 23.7 Å². The molecule has 1 aliphatic heterocycles. The fourth-order valence-electron chi connectivity index (χ4n) is 2.58. The second-order valence-corrected chi connectivity index (χ2v) is 5.74. The Morgan fingerprint density at radius 2 is 2.05 bits per heavy atom. The van der Waals surface area contributed by atoms with Crippen molar-refractivity contribution in [2.45, 2.75) is 18.9 Å². The van der Waals surface area contributed by atoms with E-state index in [9.17, 15) is 4.79 Å². The summed E-state index contributed by atoms with van der Waals surface area (Å²) in [5.74, 6) is 0.818. The van der Waals surface area contributed by atoms with Gasteiger partial charge in [0.2, 0.25) is 0 Å². The number of carbonyl (C=O) groups is 1. The van der Waals surface area contributed by atoms with Crippen molar-refractivity contribution in [3.8, 4) is 5.75 Å². The van der Waals surface area contributed by atoms with E-state index in [-0.39, 0.29) is 12.0 Å². The smallest absolute Gasteiger partial charge is 0.255 e. The molecule has 1 amide bonds. The summed E-state index contributed by atoms with van der Waals surface area (Å²) in [6.45, 7) is 1.39. The first-order valence-corrected chi connectivity index (χ1v) is 7.72. The molecule has 22 heavy (non-hydrogen) atoms. The van der Waals surface area contributed by atoms with Crippen LogP contribution in [-0.4, -0.2) is 35.0 Å². The fourth-order valence-corrected chi connectivity index (χ4v) is 2.76. The van der Waals surface area contributed by atoms with E-state index in [1.54, 1.807) is 24.5 Å². The highest BCUT2D eigenvalue weighted by Crippen LogP contribution is 2.22. The molecule has 4 nitrogen and oxygen atoms in total. The first-order valence-electron chi connectivity index (χ1n) is 7.34. The van der Waals surface area contributed by atoms with Crippen molar-refractivity contribution in [2.24, 2.45) is 0 Å². The maximum Gasteiger partial charge on any atom is 0.255 e. The highest BCUT2D eigenvalue weighted by Gasteiger charge is 2.24. The second kappa shape index (κ2) is 6.79. The van der Waals surface area contributed by atoms with Gasteiger partial charge in [0.1, 0.15) is 11.9 Å². The summed E-state index contributed by atoms with van der Waals surface area (Å²) in [5, 5.41) is 0.668. The summed E-state index contributed by atoms with van der Waals surface area (Å²) in [7, 11) is 0. The zero-order valence-electron chi connectivity index (χ0n) is 12.1. The fraction of sp³-hybridized carbons (Fsp3) is 0.294. The molecule has 5 heteroatoms. The standard InChI is InChI=1S/C17H17ClN2O2/c18-14-4-1-5-16(11-14)22-15-6-9-20(10-7-15)17(21)13-3-2-8-19-12-13/h1-5,8,11-12,15H,6-7,9-10H2. The van der Waals surface area contributed by atoms with Crippen molar-refractivity contribution >= 4 is 17.5 Å². The van der Waals surface area contributed by atoms with E-state index >= 15 is 0 Å². The molecule has 1 aliphatic rings. The summed E-state index contributed by atoms with van der Waals surface area (Å²) < 4.78 is 5.94. The van der Waals surface area contributed by atoms with Crippen LogP contribution in [0.15, 0.2) is 48.8 Å². The van der Waals surface area contributed by atoms with Crippen LogP contribution in [-0.2, 0) is 0 Å². The first-order chi connectivity index (χ1) is 10.7. The van der Waals surface area contributed by atoms with Crippen LogP contribution in [0.5, 0.6) is 5.75 Å². The molecule has 1 aromatic heterocycles. The van der Waals surface area contributed by atoms with Gasteiger partial charge < -0.3 is 9.64 Å². The lowest BCUT2D eigenvalue weighted by molar-refractivity contribution is 0.0595. The molecule has 0 atom stereocenters. The quantitative estimate of drug-likeness (QED) is 0.871. The van der Waals surface area contributed by atoms with Gasteiger partial charge in [0.15, 0.2) is 0 Å². The molecule has 0 radical (unpaired) electrons. The molecule has 114 valence electrons. The Morgan fingerprint density at radius 1 is 1.23 bits per heavy atom. The predicted molar refractivity (Wildman–Crippen MR) is 85.2 cm³/mol. The monoisotopic (exact) mass is 316 g/mol. The summed E-state index contributed by atoms with van der Waals surface area (Å²) in [6.07, 6.45) is 5.03. The van der Waals surface area contributed by atoms with E-state index in [2.05, 4.69) is 4.98 Å². The lowest BCUT2D eigenvalue weighted by Crippen LogP contribution is -2.41. The molecule has 0 bridgehead atoms. The lowest BCUT2D eigenvalue weighted by Gasteiger charge is -2.32. The number of pyridine rings is 1. The molecule has 1 saturated heterocycles. The van der Waals surface area contributed by atoms with Gasteiger partial charge >= 0.3 is 0 Å². The van der Waals surface area contributed by atoms with Crippen molar-refractivity contribution in [1.82, 2.24) is 9.88 Å². The van der Waals surface area contributed by atoms with Crippen LogP contribution < -0.4 is 4.74 Å². The van der Waals surface area contributed by atoms with Crippen molar-refractivity contribution in [3.05, 3.63) is 59.4 Å². The van der Waals surface area contributed by atoms with Crippen molar-refractivity contribution in [3.63, 3.8) is 0 Å². The van der Waals surface area contributed by atoms with Gasteiger partial charge in [-0.2, -0.15) is 0 Å². The molecule has 2 aromatic rings. The topological polar surface area (TPSA) is 42.4 Å². The Balaban J connectivity index is 1.55. The van der Waals surface area contributed by atoms with E-state index in [0.717, 1.165) is 18.6 Å². The van der Waals surface area contributed by atoms with E-state index in [1.165, 1.54) is 0 Å². The van der Waals surface area contributed by atoms with Gasteiger partial charge in [0, 0.05) is 43.3 Å². The third-order valence-corrected chi connectivity index (χ3v) is 3.97. The number of hydrogen-bond acceptors (Lipinski definition) is 3. The van der Waals surface area contributed by atoms with Gasteiger partial charge in [-0.3, -0.25) is 9.78 Å². The molecule has 0 N–H and O–H groups in total. The van der Waals surface area contributed by atoms with Gasteiger partial charge in [0.25, 0.3) is 5.91 Å². The normalized spacial score (nSPS) is 15.6. The SMILES string of the molecule is O=C(c1cccnc1)N1CCC(Oc2cccc(Cl)c2)CC1. The summed E-state index contributed by atoms with van der Waals surface area (Å²) in [4.78, 5) is 18.2. The molecule has 1 fully saturated rings. The van der Waals surface area contributed by atoms with Crippen LogP contribution in [0.25, 0.3) is 0 Å². The minimum Gasteiger partial charge on any atom is -0.490 e. The Kier molecular flexibility index (Phi) is 4.59. The summed E-state index contributed by atoms with van der Waals surface area (Å²) >= 11 is 5.96. The number of ether oxygens (including phenoxy) is 1. The molecule has 1 aromatic carbocycles. The molecular formula is C17H17ClN2O2. The Hall–Kier alpha value is -2.07. The molecule has 2 heterocycles. The molecule has 0 spiro atoms. The molecule has 0 aliphatic carbocycles. The van der Waals surface area contributed by atoms with Gasteiger partial charge in [-0.15, -0.1) is 0 Å². The molecular weight excluding hydrogens is 300 g/mol. The number of aromatic nitrogens is 1. The largest absolute Gasteiger partial charge is 0.490 e. The Labute approximate surface area is 134 Å². The third-order valence-electron chi connectivity index (χ3n) is 3.74. The number of amides is 1. The lowest BCUT2D eigenvalue weighted by atomic mass is 10.1. The van der Waals surface area contributed by atoms with Crippen molar-refractivity contribution in [2.75, 3.05) is 13.1 Å². The number of hydrogen-bond donors (Lipinski definition) is 0. The summed E-state index contributed by atoms with van der Waals surface area (Å²) in [6, 6.07) is 11.0. The maximum absolute atomic E-state index is 12.3. The maximum atomic E-state index is 12.3. The highest BCUT2D eigenvalue weighted by atomic mass is 35.5. The van der Waals surface area contributed by atoms with Crippen LogP contribution in [0.4, 0.5) is 0 Å². The van der Waals surface area contributed by atoms with E-state index < -0.39 is 0 Å². The van der Waals surface area contributed by atoms with Crippen LogP contribution in [0.2, 0.25) is 5.02 Å². The number of rotatable bonds is 3. The van der Waals surface area contributed by atoms with Gasteiger partial charge in [-0.25, -0.2) is 0 Å². The number of likely N-dealkylation sites (tertiary alicyclic amines) is 1. The van der Waals surface area contributed by atoms with Gasteiger partial charge in [-0.1, -0.05) is 17.7 Å². The Bertz CT molecular complexity index is 640. The number of benzene rings is 1. The van der Waals surface area contributed by atoms with E-state index in [1.807, 2.05) is 29.2 Å². The number of piperidine rings is 1. The van der Waals surface area contributed by atoms with E-state index in [4.69, 9.17) is 16.3 Å². The van der Waals surface area contributed by atoms with Crippen molar-refractivity contribution in [1.29, 1.82) is 0 Å². The van der Waals surface area contributed by atoms with Crippen LogP contribution in [0.3, 0.4) is 0 Å². The van der Waals surface area contributed by atoms with Crippen LogP contribution >= 0.6 is 11.6 Å².